The van der Waals surface area contributed by atoms with Gasteiger partial charge in [-0.25, -0.2) is 14.0 Å². The van der Waals surface area contributed by atoms with E-state index in [9.17, 15) is 18.8 Å². The van der Waals surface area contributed by atoms with Crippen molar-refractivity contribution >= 4 is 35.1 Å². The zero-order valence-electron chi connectivity index (χ0n) is 13.0. The molecule has 0 spiro atoms. The summed E-state index contributed by atoms with van der Waals surface area (Å²) in [6, 6.07) is 8.96. The van der Waals surface area contributed by atoms with E-state index in [0.717, 1.165) is 12.1 Å². The van der Waals surface area contributed by atoms with Crippen LogP contribution in [0.1, 0.15) is 20.7 Å². The average Bonchev–Trinajstić information content (AvgIpc) is 2.61. The molecule has 8 heteroatoms. The van der Waals surface area contributed by atoms with Crippen LogP contribution in [0.4, 0.5) is 10.1 Å². The molecule has 1 N–H and O–H groups in total. The van der Waals surface area contributed by atoms with Crippen LogP contribution in [0.25, 0.3) is 0 Å². The fourth-order valence-corrected chi connectivity index (χ4v) is 2.06. The van der Waals surface area contributed by atoms with Crippen LogP contribution in [0.2, 0.25) is 5.02 Å². The first-order valence-electron chi connectivity index (χ1n) is 7.01. The van der Waals surface area contributed by atoms with E-state index >= 15 is 0 Å². The van der Waals surface area contributed by atoms with Gasteiger partial charge < -0.3 is 14.8 Å². The first-order valence-corrected chi connectivity index (χ1v) is 7.39. The average molecular weight is 366 g/mol. The lowest BCUT2D eigenvalue weighted by Crippen LogP contribution is -2.21. The summed E-state index contributed by atoms with van der Waals surface area (Å²) in [6.45, 7) is -0.549. The van der Waals surface area contributed by atoms with Crippen LogP contribution < -0.4 is 5.32 Å². The monoisotopic (exact) mass is 365 g/mol. The third-order valence-corrected chi connectivity index (χ3v) is 3.40. The van der Waals surface area contributed by atoms with Crippen molar-refractivity contribution in [3.8, 4) is 0 Å². The van der Waals surface area contributed by atoms with Gasteiger partial charge in [0.15, 0.2) is 6.61 Å². The Morgan fingerprint density at radius 3 is 2.40 bits per heavy atom. The lowest BCUT2D eigenvalue weighted by Gasteiger charge is -2.09. The highest BCUT2D eigenvalue weighted by Crippen LogP contribution is 2.21. The lowest BCUT2D eigenvalue weighted by atomic mass is 10.2. The maximum absolute atomic E-state index is 12.8. The van der Waals surface area contributed by atoms with Crippen molar-refractivity contribution < 1.29 is 28.2 Å². The molecule has 0 atom stereocenters. The van der Waals surface area contributed by atoms with E-state index in [-0.39, 0.29) is 21.8 Å². The van der Waals surface area contributed by atoms with Gasteiger partial charge in [0, 0.05) is 5.69 Å². The van der Waals surface area contributed by atoms with Crippen LogP contribution in [0, 0.1) is 5.82 Å². The van der Waals surface area contributed by atoms with E-state index in [1.54, 1.807) is 0 Å². The smallest absolute Gasteiger partial charge is 0.339 e. The number of carbonyl (C=O) groups excluding carboxylic acids is 3. The number of esters is 2. The van der Waals surface area contributed by atoms with Gasteiger partial charge in [0.2, 0.25) is 0 Å². The number of hydrogen-bond donors (Lipinski definition) is 1. The number of benzene rings is 2. The summed E-state index contributed by atoms with van der Waals surface area (Å²) in [5, 5.41) is 2.64. The SMILES string of the molecule is COC(=O)c1cc(NC(=O)COC(=O)c2ccc(F)cc2)ccc1Cl. The number of anilines is 1. The molecule has 0 aliphatic heterocycles. The number of nitrogens with one attached hydrogen (secondary N) is 1. The molecule has 0 bridgehead atoms. The van der Waals surface area contributed by atoms with Crippen LogP contribution in [0.5, 0.6) is 0 Å². The molecule has 1 amide bonds. The van der Waals surface area contributed by atoms with Crippen molar-refractivity contribution in [2.75, 3.05) is 19.0 Å². The maximum atomic E-state index is 12.8. The second-order valence-electron chi connectivity index (χ2n) is 4.82. The van der Waals surface area contributed by atoms with E-state index < -0.39 is 30.3 Å². The Labute approximate surface area is 147 Å². The Kier molecular flexibility index (Phi) is 6.08. The van der Waals surface area contributed by atoms with Crippen molar-refractivity contribution in [2.24, 2.45) is 0 Å². The van der Waals surface area contributed by atoms with Gasteiger partial charge in [0.05, 0.1) is 23.3 Å². The van der Waals surface area contributed by atoms with Gasteiger partial charge in [0.25, 0.3) is 5.91 Å². The topological polar surface area (TPSA) is 81.7 Å². The predicted octanol–water partition coefficient (Wildman–Crippen LogP) is 3.06. The molecule has 0 heterocycles. The quantitative estimate of drug-likeness (QED) is 0.823. The normalized spacial score (nSPS) is 10.0. The van der Waals surface area contributed by atoms with Crippen molar-refractivity contribution in [1.29, 1.82) is 0 Å². The number of carbonyl (C=O) groups is 3. The lowest BCUT2D eigenvalue weighted by molar-refractivity contribution is -0.119. The second kappa shape index (κ2) is 8.25. The van der Waals surface area contributed by atoms with Gasteiger partial charge in [-0.1, -0.05) is 11.6 Å². The van der Waals surface area contributed by atoms with Crippen LogP contribution in [0.3, 0.4) is 0 Å². The van der Waals surface area contributed by atoms with Gasteiger partial charge >= 0.3 is 11.9 Å². The Bertz CT molecular complexity index is 807. The highest BCUT2D eigenvalue weighted by Gasteiger charge is 2.14. The first-order chi connectivity index (χ1) is 11.9. The maximum Gasteiger partial charge on any atom is 0.339 e. The molecule has 2 aromatic carbocycles. The van der Waals surface area contributed by atoms with Gasteiger partial charge in [-0.3, -0.25) is 4.79 Å². The number of halogens is 2. The zero-order chi connectivity index (χ0) is 18.4. The predicted molar refractivity (Wildman–Crippen MR) is 88.1 cm³/mol. The number of amides is 1. The fourth-order valence-electron chi connectivity index (χ4n) is 1.87. The Balaban J connectivity index is 1.95. The Hall–Kier alpha value is -2.93. The molecule has 2 aromatic rings. The summed E-state index contributed by atoms with van der Waals surface area (Å²) in [4.78, 5) is 35.1. The number of methoxy groups -OCH3 is 1. The summed E-state index contributed by atoms with van der Waals surface area (Å²) in [5.74, 6) is -2.52. The van der Waals surface area contributed by atoms with Crippen LogP contribution >= 0.6 is 11.6 Å². The van der Waals surface area contributed by atoms with Gasteiger partial charge in [-0.05, 0) is 42.5 Å². The van der Waals surface area contributed by atoms with E-state index in [0.29, 0.717) is 0 Å². The van der Waals surface area contributed by atoms with Crippen molar-refractivity contribution in [3.63, 3.8) is 0 Å². The molecular weight excluding hydrogens is 353 g/mol. The van der Waals surface area contributed by atoms with Crippen molar-refractivity contribution in [3.05, 3.63) is 64.4 Å². The Morgan fingerprint density at radius 2 is 1.76 bits per heavy atom. The third kappa shape index (κ3) is 5.02. The molecule has 0 fully saturated rings. The molecule has 0 aliphatic rings. The number of hydrogen-bond acceptors (Lipinski definition) is 5. The fraction of sp³-hybridized carbons (Fsp3) is 0.118. The van der Waals surface area contributed by atoms with Crippen molar-refractivity contribution in [1.82, 2.24) is 0 Å². The standard InChI is InChI=1S/C17H13ClFNO5/c1-24-17(23)13-8-12(6-7-14(13)18)20-15(21)9-25-16(22)10-2-4-11(19)5-3-10/h2-8H,9H2,1H3,(H,20,21). The molecule has 0 radical (unpaired) electrons. The molecule has 6 nitrogen and oxygen atoms in total. The molecule has 0 aromatic heterocycles. The molecule has 0 saturated heterocycles. The highest BCUT2D eigenvalue weighted by atomic mass is 35.5. The molecule has 0 unspecified atom stereocenters. The minimum atomic E-state index is -0.762. The van der Waals surface area contributed by atoms with E-state index in [4.69, 9.17) is 16.3 Å². The van der Waals surface area contributed by atoms with Crippen LogP contribution in [0.15, 0.2) is 42.5 Å². The largest absolute Gasteiger partial charge is 0.465 e. The molecule has 2 rings (SSSR count). The molecule has 25 heavy (non-hydrogen) atoms. The van der Waals surface area contributed by atoms with E-state index in [1.165, 1.54) is 37.4 Å². The van der Waals surface area contributed by atoms with Crippen LogP contribution in [-0.2, 0) is 14.3 Å². The first kappa shape index (κ1) is 18.4. The minimum absolute atomic E-state index is 0.0882. The van der Waals surface area contributed by atoms with Crippen LogP contribution in [-0.4, -0.2) is 31.6 Å². The van der Waals surface area contributed by atoms with Crippen molar-refractivity contribution in [2.45, 2.75) is 0 Å². The summed E-state index contributed by atoms with van der Waals surface area (Å²) >= 11 is 5.88. The molecular formula is C17H13ClFNO5. The number of ether oxygens (including phenoxy) is 2. The molecule has 0 aliphatic carbocycles. The van der Waals surface area contributed by atoms with Gasteiger partial charge in [0.1, 0.15) is 5.82 Å². The second-order valence-corrected chi connectivity index (χ2v) is 5.22. The summed E-state index contributed by atoms with van der Waals surface area (Å²) in [6.07, 6.45) is 0. The summed E-state index contributed by atoms with van der Waals surface area (Å²) < 4.78 is 22.2. The highest BCUT2D eigenvalue weighted by molar-refractivity contribution is 6.33. The number of rotatable bonds is 5. The van der Waals surface area contributed by atoms with Gasteiger partial charge in [-0.15, -0.1) is 0 Å². The molecule has 0 saturated carbocycles. The third-order valence-electron chi connectivity index (χ3n) is 3.07. The van der Waals surface area contributed by atoms with E-state index in [2.05, 4.69) is 10.1 Å². The minimum Gasteiger partial charge on any atom is -0.465 e. The summed E-state index contributed by atoms with van der Waals surface area (Å²) in [5.41, 5.74) is 0.492. The molecule has 130 valence electrons. The summed E-state index contributed by atoms with van der Waals surface area (Å²) in [7, 11) is 1.21. The van der Waals surface area contributed by atoms with Gasteiger partial charge in [-0.2, -0.15) is 0 Å². The van der Waals surface area contributed by atoms with E-state index in [1.807, 2.05) is 0 Å². The Morgan fingerprint density at radius 1 is 1.08 bits per heavy atom. The zero-order valence-corrected chi connectivity index (χ0v) is 13.8.